The van der Waals surface area contributed by atoms with Gasteiger partial charge in [-0.25, -0.2) is 0 Å². The highest BCUT2D eigenvalue weighted by Crippen LogP contribution is 2.39. The van der Waals surface area contributed by atoms with E-state index < -0.39 is 0 Å². The minimum atomic E-state index is 0.0924. The van der Waals surface area contributed by atoms with E-state index in [4.69, 9.17) is 15.2 Å². The van der Waals surface area contributed by atoms with Gasteiger partial charge in [0.05, 0.1) is 20.3 Å². The fourth-order valence-electron chi connectivity index (χ4n) is 3.00. The topological polar surface area (TPSA) is 47.7 Å². The van der Waals surface area contributed by atoms with Crippen molar-refractivity contribution >= 4 is 0 Å². The summed E-state index contributed by atoms with van der Waals surface area (Å²) in [5.74, 6) is 1.62. The van der Waals surface area contributed by atoms with E-state index in [2.05, 4.69) is 37.8 Å². The van der Waals surface area contributed by atoms with Crippen molar-refractivity contribution in [3.8, 4) is 11.5 Å². The molecular formula is C16H26N2O2. The molecule has 112 valence electrons. The summed E-state index contributed by atoms with van der Waals surface area (Å²) in [7, 11) is 3.35. The van der Waals surface area contributed by atoms with Crippen LogP contribution >= 0.6 is 0 Å². The molecule has 0 amide bonds. The molecule has 1 fully saturated rings. The molecule has 0 aliphatic carbocycles. The van der Waals surface area contributed by atoms with E-state index in [1.165, 1.54) is 5.56 Å². The number of rotatable bonds is 3. The largest absolute Gasteiger partial charge is 0.497 e. The first-order chi connectivity index (χ1) is 9.36. The maximum atomic E-state index is 6.36. The zero-order chi connectivity index (χ0) is 14.9. The molecule has 0 saturated carbocycles. The average Bonchev–Trinajstić information content (AvgIpc) is 2.80. The van der Waals surface area contributed by atoms with Crippen molar-refractivity contribution in [2.24, 2.45) is 5.73 Å². The molecule has 4 heteroatoms. The monoisotopic (exact) mass is 278 g/mol. The highest BCUT2D eigenvalue weighted by atomic mass is 16.5. The van der Waals surface area contributed by atoms with Gasteiger partial charge in [-0.15, -0.1) is 0 Å². The van der Waals surface area contributed by atoms with Gasteiger partial charge in [-0.05, 0) is 44.9 Å². The number of nitrogens with zero attached hydrogens (tertiary/aromatic N) is 1. The summed E-state index contributed by atoms with van der Waals surface area (Å²) in [5, 5.41) is 0. The molecule has 4 nitrogen and oxygen atoms in total. The molecule has 2 atom stereocenters. The lowest BCUT2D eigenvalue weighted by Gasteiger charge is -2.38. The molecule has 1 aliphatic heterocycles. The van der Waals surface area contributed by atoms with Crippen LogP contribution < -0.4 is 15.2 Å². The summed E-state index contributed by atoms with van der Waals surface area (Å²) in [5.41, 5.74) is 7.62. The van der Waals surface area contributed by atoms with Crippen LogP contribution in [0.2, 0.25) is 0 Å². The van der Waals surface area contributed by atoms with Crippen LogP contribution in [0.3, 0.4) is 0 Å². The summed E-state index contributed by atoms with van der Waals surface area (Å²) < 4.78 is 10.7. The van der Waals surface area contributed by atoms with Crippen LogP contribution in [0.15, 0.2) is 18.2 Å². The van der Waals surface area contributed by atoms with Gasteiger partial charge >= 0.3 is 0 Å². The molecule has 0 bridgehead atoms. The summed E-state index contributed by atoms with van der Waals surface area (Å²) in [4.78, 5) is 2.46. The fraction of sp³-hybridized carbons (Fsp3) is 0.625. The van der Waals surface area contributed by atoms with E-state index in [0.29, 0.717) is 0 Å². The molecule has 2 unspecified atom stereocenters. The van der Waals surface area contributed by atoms with Gasteiger partial charge in [0.15, 0.2) is 0 Å². The molecule has 1 aliphatic rings. The molecule has 20 heavy (non-hydrogen) atoms. The van der Waals surface area contributed by atoms with Crippen LogP contribution in [0, 0.1) is 0 Å². The molecule has 0 spiro atoms. The zero-order valence-corrected chi connectivity index (χ0v) is 13.1. The van der Waals surface area contributed by atoms with Gasteiger partial charge in [0.2, 0.25) is 0 Å². The standard InChI is InChI=1S/C16H26N2O2/c1-16(2,3)18-7-6-14(17)15(18)11-8-12(19-4)10-13(9-11)20-5/h8-10,14-15H,6-7,17H2,1-5H3. The Morgan fingerprint density at radius 2 is 1.65 bits per heavy atom. The molecule has 1 aromatic rings. The van der Waals surface area contributed by atoms with Gasteiger partial charge in [-0.1, -0.05) is 0 Å². The van der Waals surface area contributed by atoms with Crippen LogP contribution in [0.25, 0.3) is 0 Å². The SMILES string of the molecule is COc1cc(OC)cc(C2C(N)CCN2C(C)(C)C)c1. The van der Waals surface area contributed by atoms with Gasteiger partial charge in [-0.3, -0.25) is 4.90 Å². The maximum Gasteiger partial charge on any atom is 0.122 e. The summed E-state index contributed by atoms with van der Waals surface area (Å²) in [6, 6.07) is 6.38. The molecule has 2 N–H and O–H groups in total. The van der Waals surface area contributed by atoms with E-state index in [-0.39, 0.29) is 17.6 Å². The molecule has 1 aromatic carbocycles. The van der Waals surface area contributed by atoms with Crippen LogP contribution in [0.4, 0.5) is 0 Å². The van der Waals surface area contributed by atoms with E-state index in [1.54, 1.807) is 14.2 Å². The number of benzene rings is 1. The molecule has 0 radical (unpaired) electrons. The Kier molecular flexibility index (Phi) is 4.25. The molecule has 0 aromatic heterocycles. The Hall–Kier alpha value is -1.26. The van der Waals surface area contributed by atoms with Crippen molar-refractivity contribution in [1.82, 2.24) is 4.90 Å². The zero-order valence-electron chi connectivity index (χ0n) is 13.1. The Bertz CT molecular complexity index is 446. The highest BCUT2D eigenvalue weighted by molar-refractivity contribution is 5.40. The predicted octanol–water partition coefficient (Wildman–Crippen LogP) is 2.58. The fourth-order valence-corrected chi connectivity index (χ4v) is 3.00. The van der Waals surface area contributed by atoms with Crippen molar-refractivity contribution in [3.05, 3.63) is 23.8 Å². The molecule has 1 heterocycles. The van der Waals surface area contributed by atoms with Gasteiger partial charge in [-0.2, -0.15) is 0 Å². The average molecular weight is 278 g/mol. The lowest BCUT2D eigenvalue weighted by atomic mass is 9.96. The first-order valence-electron chi connectivity index (χ1n) is 7.12. The molecule has 2 rings (SSSR count). The number of nitrogens with two attached hydrogens (primary N) is 1. The Morgan fingerprint density at radius 3 is 2.10 bits per heavy atom. The van der Waals surface area contributed by atoms with E-state index >= 15 is 0 Å². The van der Waals surface area contributed by atoms with Crippen LogP contribution in [0.1, 0.15) is 38.8 Å². The van der Waals surface area contributed by atoms with Crippen LogP contribution in [0.5, 0.6) is 11.5 Å². The van der Waals surface area contributed by atoms with Crippen molar-refractivity contribution < 1.29 is 9.47 Å². The number of hydrogen-bond acceptors (Lipinski definition) is 4. The normalized spacial score (nSPS) is 23.9. The van der Waals surface area contributed by atoms with Crippen molar-refractivity contribution in [1.29, 1.82) is 0 Å². The van der Waals surface area contributed by atoms with Gasteiger partial charge in [0.25, 0.3) is 0 Å². The van der Waals surface area contributed by atoms with E-state index in [0.717, 1.165) is 24.5 Å². The van der Waals surface area contributed by atoms with Crippen molar-refractivity contribution in [3.63, 3.8) is 0 Å². The minimum absolute atomic E-state index is 0.0924. The lowest BCUT2D eigenvalue weighted by Crippen LogP contribution is -2.43. The first-order valence-corrected chi connectivity index (χ1v) is 7.12. The smallest absolute Gasteiger partial charge is 0.122 e. The van der Waals surface area contributed by atoms with Crippen molar-refractivity contribution in [2.45, 2.75) is 44.8 Å². The van der Waals surface area contributed by atoms with Crippen LogP contribution in [-0.4, -0.2) is 37.2 Å². The van der Waals surface area contributed by atoms with E-state index in [9.17, 15) is 0 Å². The Labute approximate surface area is 121 Å². The first kappa shape index (κ1) is 15.1. The summed E-state index contributed by atoms with van der Waals surface area (Å²) in [6.07, 6.45) is 1.02. The predicted molar refractivity (Wildman–Crippen MR) is 81.3 cm³/mol. The molecule has 1 saturated heterocycles. The second-order valence-electron chi connectivity index (χ2n) is 6.41. The number of likely N-dealkylation sites (tertiary alicyclic amines) is 1. The highest BCUT2D eigenvalue weighted by Gasteiger charge is 2.39. The number of methoxy groups -OCH3 is 2. The minimum Gasteiger partial charge on any atom is -0.497 e. The van der Waals surface area contributed by atoms with E-state index in [1.807, 2.05) is 6.07 Å². The third-order valence-corrected chi connectivity index (χ3v) is 4.02. The Balaban J connectivity index is 2.42. The number of hydrogen-bond donors (Lipinski definition) is 1. The Morgan fingerprint density at radius 1 is 1.10 bits per heavy atom. The third kappa shape index (κ3) is 2.91. The van der Waals surface area contributed by atoms with Gasteiger partial charge < -0.3 is 15.2 Å². The van der Waals surface area contributed by atoms with Crippen molar-refractivity contribution in [2.75, 3.05) is 20.8 Å². The second kappa shape index (κ2) is 5.62. The lowest BCUT2D eigenvalue weighted by molar-refractivity contribution is 0.116. The van der Waals surface area contributed by atoms with Gasteiger partial charge in [0.1, 0.15) is 11.5 Å². The molecular weight excluding hydrogens is 252 g/mol. The maximum absolute atomic E-state index is 6.36. The summed E-state index contributed by atoms with van der Waals surface area (Å²) >= 11 is 0. The number of ether oxygens (including phenoxy) is 2. The second-order valence-corrected chi connectivity index (χ2v) is 6.41. The van der Waals surface area contributed by atoms with Crippen LogP contribution in [-0.2, 0) is 0 Å². The third-order valence-electron chi connectivity index (χ3n) is 4.02. The summed E-state index contributed by atoms with van der Waals surface area (Å²) in [6.45, 7) is 7.72. The quantitative estimate of drug-likeness (QED) is 0.923. The van der Waals surface area contributed by atoms with Gasteiger partial charge in [0, 0.05) is 24.2 Å².